The number of benzene rings is 1. The highest BCUT2D eigenvalue weighted by Gasteiger charge is 2.32. The number of likely N-dealkylation sites (tertiary alicyclic amines) is 1. The maximum atomic E-state index is 13.3. The topological polar surface area (TPSA) is 73.0 Å². The lowest BCUT2D eigenvalue weighted by atomic mass is 9.83. The summed E-state index contributed by atoms with van der Waals surface area (Å²) in [7, 11) is 3.85. The highest BCUT2D eigenvalue weighted by Crippen LogP contribution is 2.32. The molecule has 7 nitrogen and oxygen atoms in total. The average Bonchev–Trinajstić information content (AvgIpc) is 2.85. The molecule has 3 fully saturated rings. The van der Waals surface area contributed by atoms with Crippen molar-refractivity contribution >= 4 is 23.8 Å². The summed E-state index contributed by atoms with van der Waals surface area (Å²) in [6.07, 6.45) is 8.19. The van der Waals surface area contributed by atoms with Crippen LogP contribution in [0.1, 0.15) is 65.7 Å². The predicted molar refractivity (Wildman–Crippen MR) is 134 cm³/mol. The Morgan fingerprint density at radius 3 is 2.38 bits per heavy atom. The first-order valence-electron chi connectivity index (χ1n) is 12.6. The molecule has 3 saturated heterocycles. The van der Waals surface area contributed by atoms with Gasteiger partial charge < -0.3 is 20.0 Å². The second-order valence-corrected chi connectivity index (χ2v) is 10.4. The van der Waals surface area contributed by atoms with Crippen LogP contribution in [0.3, 0.4) is 0 Å². The van der Waals surface area contributed by atoms with Gasteiger partial charge in [0, 0.05) is 37.1 Å². The van der Waals surface area contributed by atoms with Gasteiger partial charge in [-0.3, -0.25) is 14.4 Å². The van der Waals surface area contributed by atoms with Crippen molar-refractivity contribution in [2.75, 3.05) is 45.2 Å². The SMILES string of the molecule is C=C1CCC(N(C)C(=O)c2cc(N3CCC(CC4CCN(C)CC4)CC3)ccc2C=O)C(=O)N1. The van der Waals surface area contributed by atoms with Crippen LogP contribution < -0.4 is 10.2 Å². The van der Waals surface area contributed by atoms with E-state index in [9.17, 15) is 14.4 Å². The standard InChI is InChI=1S/C27H38N4O3/c1-19-4-7-25(26(33)28-19)30(3)27(34)24-17-23(6-5-22(24)18-32)31-14-10-21(11-15-31)16-20-8-12-29(2)13-9-20/h5-6,17-18,20-21,25H,1,4,7-16H2,2-3H3,(H,28,33). The van der Waals surface area contributed by atoms with Crippen LogP contribution in [0.2, 0.25) is 0 Å². The summed E-state index contributed by atoms with van der Waals surface area (Å²) in [5, 5.41) is 2.74. The van der Waals surface area contributed by atoms with E-state index in [1.807, 2.05) is 12.1 Å². The van der Waals surface area contributed by atoms with Crippen molar-refractivity contribution in [3.05, 3.63) is 41.6 Å². The van der Waals surface area contributed by atoms with Crippen LogP contribution in [-0.4, -0.2) is 74.2 Å². The van der Waals surface area contributed by atoms with E-state index in [-0.39, 0.29) is 11.8 Å². The molecule has 1 N–H and O–H groups in total. The molecular formula is C27H38N4O3. The number of likely N-dealkylation sites (N-methyl/N-ethyl adjacent to an activating group) is 1. The molecule has 0 radical (unpaired) electrons. The summed E-state index contributed by atoms with van der Waals surface area (Å²) in [5.74, 6) is 1.11. The second kappa shape index (κ2) is 10.7. The van der Waals surface area contributed by atoms with Crippen molar-refractivity contribution in [1.29, 1.82) is 0 Å². The summed E-state index contributed by atoms with van der Waals surface area (Å²) in [6.45, 7) is 8.17. The fourth-order valence-corrected chi connectivity index (χ4v) is 5.69. The van der Waals surface area contributed by atoms with Crippen molar-refractivity contribution in [3.63, 3.8) is 0 Å². The van der Waals surface area contributed by atoms with E-state index in [0.717, 1.165) is 49.7 Å². The summed E-state index contributed by atoms with van der Waals surface area (Å²) in [6, 6.07) is 4.95. The molecule has 184 valence electrons. The van der Waals surface area contributed by atoms with E-state index in [1.54, 1.807) is 13.1 Å². The number of nitrogens with zero attached hydrogens (tertiary/aromatic N) is 3. The highest BCUT2D eigenvalue weighted by atomic mass is 16.2. The third kappa shape index (κ3) is 5.52. The van der Waals surface area contributed by atoms with Gasteiger partial charge in [-0.15, -0.1) is 0 Å². The first-order chi connectivity index (χ1) is 16.4. The van der Waals surface area contributed by atoms with E-state index in [2.05, 4.69) is 28.7 Å². The fraction of sp³-hybridized carbons (Fsp3) is 0.593. The van der Waals surface area contributed by atoms with Gasteiger partial charge in [0.25, 0.3) is 5.91 Å². The minimum atomic E-state index is -0.559. The first kappa shape index (κ1) is 24.5. The summed E-state index contributed by atoms with van der Waals surface area (Å²) < 4.78 is 0. The van der Waals surface area contributed by atoms with Gasteiger partial charge in [-0.25, -0.2) is 0 Å². The van der Waals surface area contributed by atoms with E-state index >= 15 is 0 Å². The number of allylic oxidation sites excluding steroid dienone is 1. The molecule has 0 saturated carbocycles. The van der Waals surface area contributed by atoms with E-state index in [0.29, 0.717) is 29.7 Å². The summed E-state index contributed by atoms with van der Waals surface area (Å²) >= 11 is 0. The van der Waals surface area contributed by atoms with Gasteiger partial charge in [0.2, 0.25) is 5.91 Å². The van der Waals surface area contributed by atoms with Gasteiger partial charge in [0.1, 0.15) is 6.04 Å². The first-order valence-corrected chi connectivity index (χ1v) is 12.6. The number of hydrogen-bond acceptors (Lipinski definition) is 5. The molecule has 7 heteroatoms. The number of nitrogens with one attached hydrogen (secondary N) is 1. The molecule has 0 bridgehead atoms. The molecule has 1 unspecified atom stereocenters. The maximum Gasteiger partial charge on any atom is 0.255 e. The molecule has 4 rings (SSSR count). The van der Waals surface area contributed by atoms with Crippen LogP contribution in [-0.2, 0) is 4.79 Å². The Balaban J connectivity index is 1.40. The van der Waals surface area contributed by atoms with Gasteiger partial charge in [-0.05, 0) is 95.1 Å². The molecule has 1 atom stereocenters. The molecule has 3 aliphatic rings. The van der Waals surface area contributed by atoms with Gasteiger partial charge in [0.15, 0.2) is 6.29 Å². The molecule has 3 aliphatic heterocycles. The Labute approximate surface area is 203 Å². The molecule has 34 heavy (non-hydrogen) atoms. The third-order valence-electron chi connectivity index (χ3n) is 7.99. The molecule has 3 heterocycles. The Morgan fingerprint density at radius 1 is 1.12 bits per heavy atom. The number of hydrogen-bond donors (Lipinski definition) is 1. The van der Waals surface area contributed by atoms with Gasteiger partial charge >= 0.3 is 0 Å². The molecule has 0 spiro atoms. The monoisotopic (exact) mass is 466 g/mol. The lowest BCUT2D eigenvalue weighted by molar-refractivity contribution is -0.125. The Kier molecular flexibility index (Phi) is 7.71. The number of aldehydes is 1. The lowest BCUT2D eigenvalue weighted by Crippen LogP contribution is -2.50. The molecule has 0 aliphatic carbocycles. The number of piperidine rings is 3. The summed E-state index contributed by atoms with van der Waals surface area (Å²) in [5.41, 5.74) is 2.37. The van der Waals surface area contributed by atoms with Crippen molar-refractivity contribution in [1.82, 2.24) is 15.1 Å². The zero-order chi connectivity index (χ0) is 24.2. The molecule has 1 aromatic carbocycles. The van der Waals surface area contributed by atoms with E-state index in [1.165, 1.54) is 37.3 Å². The van der Waals surface area contributed by atoms with Crippen LogP contribution >= 0.6 is 0 Å². The second-order valence-electron chi connectivity index (χ2n) is 10.4. The van der Waals surface area contributed by atoms with Crippen LogP contribution in [0.25, 0.3) is 0 Å². The largest absolute Gasteiger partial charge is 0.371 e. The highest BCUT2D eigenvalue weighted by molar-refractivity contribution is 6.04. The summed E-state index contributed by atoms with van der Waals surface area (Å²) in [4.78, 5) is 43.6. The number of carbonyl (C=O) groups excluding carboxylic acids is 3. The van der Waals surface area contributed by atoms with Crippen LogP contribution in [0.4, 0.5) is 5.69 Å². The van der Waals surface area contributed by atoms with E-state index < -0.39 is 6.04 Å². The predicted octanol–water partition coefficient (Wildman–Crippen LogP) is 3.31. The molecule has 2 amide bonds. The Bertz CT molecular complexity index is 930. The van der Waals surface area contributed by atoms with Crippen molar-refractivity contribution in [2.24, 2.45) is 11.8 Å². The Hall–Kier alpha value is -2.67. The van der Waals surface area contributed by atoms with Gasteiger partial charge in [0.05, 0.1) is 5.56 Å². The maximum absolute atomic E-state index is 13.3. The zero-order valence-corrected chi connectivity index (χ0v) is 20.6. The molecule has 1 aromatic rings. The number of rotatable bonds is 6. The molecule has 0 aromatic heterocycles. The smallest absolute Gasteiger partial charge is 0.255 e. The van der Waals surface area contributed by atoms with E-state index in [4.69, 9.17) is 0 Å². The average molecular weight is 467 g/mol. The number of anilines is 1. The quantitative estimate of drug-likeness (QED) is 0.651. The van der Waals surface area contributed by atoms with Crippen LogP contribution in [0.5, 0.6) is 0 Å². The van der Waals surface area contributed by atoms with Crippen LogP contribution in [0, 0.1) is 11.8 Å². The number of amides is 2. The van der Waals surface area contributed by atoms with Gasteiger partial charge in [-0.2, -0.15) is 0 Å². The Morgan fingerprint density at radius 2 is 1.76 bits per heavy atom. The number of carbonyl (C=O) groups is 3. The van der Waals surface area contributed by atoms with Crippen LogP contribution in [0.15, 0.2) is 30.5 Å². The van der Waals surface area contributed by atoms with Crippen molar-refractivity contribution in [2.45, 2.75) is 51.0 Å². The zero-order valence-electron chi connectivity index (χ0n) is 20.6. The third-order valence-corrected chi connectivity index (χ3v) is 7.99. The van der Waals surface area contributed by atoms with Gasteiger partial charge in [-0.1, -0.05) is 6.58 Å². The van der Waals surface area contributed by atoms with Crippen molar-refractivity contribution < 1.29 is 14.4 Å². The van der Waals surface area contributed by atoms with Crippen molar-refractivity contribution in [3.8, 4) is 0 Å². The normalized spacial score (nSPS) is 23.0. The fourth-order valence-electron chi connectivity index (χ4n) is 5.69. The molecular weight excluding hydrogens is 428 g/mol. The minimum Gasteiger partial charge on any atom is -0.371 e. The minimum absolute atomic E-state index is 0.220. The lowest BCUT2D eigenvalue weighted by Gasteiger charge is -2.37.